The smallest absolute Gasteiger partial charge is 0.0617 e. The standard InChI is InChI=1S/C18H32O/c1-5-17(6-2)11-9-13-18(7-3)12-8-10-16(4)14-15-19/h8,10-11,14,18-19H,5-7,9,12-13,15H2,1-4H3. The fourth-order valence-electron chi connectivity index (χ4n) is 2.21. The molecule has 110 valence electrons. The first kappa shape index (κ1) is 18.2. The van der Waals surface area contributed by atoms with E-state index in [0.29, 0.717) is 0 Å². The molecule has 0 aliphatic carbocycles. The van der Waals surface area contributed by atoms with Crippen molar-refractivity contribution in [2.45, 2.75) is 66.2 Å². The van der Waals surface area contributed by atoms with Gasteiger partial charge in [-0.15, -0.1) is 0 Å². The summed E-state index contributed by atoms with van der Waals surface area (Å²) in [4.78, 5) is 0. The first-order chi connectivity index (χ1) is 9.17. The first-order valence-electron chi connectivity index (χ1n) is 7.79. The van der Waals surface area contributed by atoms with Gasteiger partial charge in [0.2, 0.25) is 0 Å². The lowest BCUT2D eigenvalue weighted by Gasteiger charge is -2.11. The van der Waals surface area contributed by atoms with E-state index < -0.39 is 0 Å². The van der Waals surface area contributed by atoms with Crippen molar-refractivity contribution in [3.05, 3.63) is 35.5 Å². The second-order valence-corrected chi connectivity index (χ2v) is 5.19. The first-order valence-corrected chi connectivity index (χ1v) is 7.79. The predicted molar refractivity (Wildman–Crippen MR) is 86.3 cm³/mol. The van der Waals surface area contributed by atoms with Crippen LogP contribution in [0.5, 0.6) is 0 Å². The van der Waals surface area contributed by atoms with Gasteiger partial charge in [-0.1, -0.05) is 62.6 Å². The van der Waals surface area contributed by atoms with Crippen molar-refractivity contribution in [3.8, 4) is 0 Å². The van der Waals surface area contributed by atoms with E-state index in [4.69, 9.17) is 5.11 Å². The summed E-state index contributed by atoms with van der Waals surface area (Å²) in [6.07, 6.45) is 15.9. The van der Waals surface area contributed by atoms with Crippen LogP contribution < -0.4 is 0 Å². The number of hydrogen-bond acceptors (Lipinski definition) is 1. The van der Waals surface area contributed by atoms with Crippen molar-refractivity contribution < 1.29 is 5.11 Å². The maximum atomic E-state index is 8.79. The lowest BCUT2D eigenvalue weighted by molar-refractivity contribution is 0.342. The van der Waals surface area contributed by atoms with Gasteiger partial charge in [-0.05, 0) is 44.9 Å². The Hall–Kier alpha value is -0.820. The van der Waals surface area contributed by atoms with Crippen LogP contribution in [0.1, 0.15) is 66.2 Å². The second kappa shape index (κ2) is 12.2. The van der Waals surface area contributed by atoms with Crippen molar-refractivity contribution in [2.24, 2.45) is 5.92 Å². The molecule has 1 unspecified atom stereocenters. The van der Waals surface area contributed by atoms with Crippen LogP contribution in [-0.4, -0.2) is 11.7 Å². The van der Waals surface area contributed by atoms with Crippen molar-refractivity contribution in [1.29, 1.82) is 0 Å². The number of aliphatic hydroxyl groups is 1. The number of rotatable bonds is 10. The molecule has 0 aromatic heterocycles. The van der Waals surface area contributed by atoms with Gasteiger partial charge in [0, 0.05) is 0 Å². The largest absolute Gasteiger partial charge is 0.392 e. The van der Waals surface area contributed by atoms with Crippen molar-refractivity contribution in [3.63, 3.8) is 0 Å². The van der Waals surface area contributed by atoms with Gasteiger partial charge in [-0.2, -0.15) is 0 Å². The van der Waals surface area contributed by atoms with E-state index >= 15 is 0 Å². The van der Waals surface area contributed by atoms with Crippen molar-refractivity contribution in [2.75, 3.05) is 6.61 Å². The SMILES string of the molecule is CCC(=CCCC(CC)CC=CC(C)=CCO)CC. The zero-order valence-corrected chi connectivity index (χ0v) is 13.3. The third kappa shape index (κ3) is 9.72. The third-order valence-corrected chi connectivity index (χ3v) is 3.76. The molecule has 0 heterocycles. The van der Waals surface area contributed by atoms with Gasteiger partial charge in [0.1, 0.15) is 0 Å². The molecule has 0 aliphatic heterocycles. The van der Waals surface area contributed by atoms with Gasteiger partial charge in [-0.3, -0.25) is 0 Å². The Kier molecular flexibility index (Phi) is 11.7. The zero-order chi connectivity index (χ0) is 14.5. The lowest BCUT2D eigenvalue weighted by atomic mass is 9.95. The third-order valence-electron chi connectivity index (χ3n) is 3.76. The minimum Gasteiger partial charge on any atom is -0.392 e. The van der Waals surface area contributed by atoms with E-state index in [2.05, 4.69) is 39.0 Å². The van der Waals surface area contributed by atoms with Gasteiger partial charge >= 0.3 is 0 Å². The topological polar surface area (TPSA) is 20.2 Å². The molecule has 0 spiro atoms. The number of hydrogen-bond donors (Lipinski definition) is 1. The summed E-state index contributed by atoms with van der Waals surface area (Å²) in [5.41, 5.74) is 2.74. The van der Waals surface area contributed by atoms with Crippen LogP contribution in [0, 0.1) is 5.92 Å². The van der Waals surface area contributed by atoms with Crippen LogP contribution in [0.3, 0.4) is 0 Å². The van der Waals surface area contributed by atoms with Gasteiger partial charge in [0.05, 0.1) is 6.61 Å². The number of aliphatic hydroxyl groups excluding tert-OH is 1. The van der Waals surface area contributed by atoms with Crippen molar-refractivity contribution >= 4 is 0 Å². The lowest BCUT2D eigenvalue weighted by Crippen LogP contribution is -1.96. The molecular weight excluding hydrogens is 232 g/mol. The van der Waals surface area contributed by atoms with Crippen LogP contribution in [0.15, 0.2) is 35.5 Å². The molecule has 0 saturated carbocycles. The van der Waals surface area contributed by atoms with Crippen LogP contribution in [0.2, 0.25) is 0 Å². The Morgan fingerprint density at radius 3 is 2.32 bits per heavy atom. The van der Waals surface area contributed by atoms with E-state index in [0.717, 1.165) is 17.9 Å². The van der Waals surface area contributed by atoms with E-state index in [1.165, 1.54) is 32.1 Å². The molecule has 0 saturated heterocycles. The van der Waals surface area contributed by atoms with Crippen LogP contribution >= 0.6 is 0 Å². The summed E-state index contributed by atoms with van der Waals surface area (Å²) in [6, 6.07) is 0. The molecule has 0 radical (unpaired) electrons. The van der Waals surface area contributed by atoms with Gasteiger partial charge in [0.15, 0.2) is 0 Å². The van der Waals surface area contributed by atoms with E-state index in [9.17, 15) is 0 Å². The maximum Gasteiger partial charge on any atom is 0.0617 e. The Labute approximate surface area is 120 Å². The number of allylic oxidation sites excluding steroid dienone is 5. The van der Waals surface area contributed by atoms with Crippen LogP contribution in [0.25, 0.3) is 0 Å². The summed E-state index contributed by atoms with van der Waals surface area (Å²) in [6.45, 7) is 8.93. The Bertz CT molecular complexity index is 291. The minimum absolute atomic E-state index is 0.134. The molecule has 1 heteroatoms. The van der Waals surface area contributed by atoms with Gasteiger partial charge in [-0.25, -0.2) is 0 Å². The molecule has 1 atom stereocenters. The van der Waals surface area contributed by atoms with Crippen LogP contribution in [-0.2, 0) is 0 Å². The molecule has 0 aromatic rings. The molecule has 1 N–H and O–H groups in total. The molecular formula is C18H32O. The molecule has 0 amide bonds. The summed E-state index contributed by atoms with van der Waals surface area (Å²) >= 11 is 0. The highest BCUT2D eigenvalue weighted by atomic mass is 16.2. The van der Waals surface area contributed by atoms with Gasteiger partial charge < -0.3 is 5.11 Å². The maximum absolute atomic E-state index is 8.79. The average Bonchev–Trinajstić information content (AvgIpc) is 2.42. The zero-order valence-electron chi connectivity index (χ0n) is 13.3. The molecule has 0 bridgehead atoms. The second-order valence-electron chi connectivity index (χ2n) is 5.19. The Balaban J connectivity index is 4.09. The quantitative estimate of drug-likeness (QED) is 0.412. The average molecular weight is 264 g/mol. The fourth-order valence-corrected chi connectivity index (χ4v) is 2.21. The monoisotopic (exact) mass is 264 g/mol. The Morgan fingerprint density at radius 1 is 1.11 bits per heavy atom. The summed E-state index contributed by atoms with van der Waals surface area (Å²) in [7, 11) is 0. The van der Waals surface area contributed by atoms with E-state index in [1.807, 2.05) is 13.0 Å². The summed E-state index contributed by atoms with van der Waals surface area (Å²) < 4.78 is 0. The molecule has 0 fully saturated rings. The Morgan fingerprint density at radius 2 is 1.79 bits per heavy atom. The summed E-state index contributed by atoms with van der Waals surface area (Å²) in [5.74, 6) is 0.782. The normalized spacial score (nSPS) is 13.8. The van der Waals surface area contributed by atoms with Gasteiger partial charge in [0.25, 0.3) is 0 Å². The van der Waals surface area contributed by atoms with Crippen LogP contribution in [0.4, 0.5) is 0 Å². The predicted octanol–water partition coefficient (Wildman–Crippen LogP) is 5.42. The molecule has 0 aliphatic rings. The molecule has 19 heavy (non-hydrogen) atoms. The highest BCUT2D eigenvalue weighted by Crippen LogP contribution is 2.18. The van der Waals surface area contributed by atoms with Crippen molar-refractivity contribution in [1.82, 2.24) is 0 Å². The molecule has 1 nitrogen and oxygen atoms in total. The van der Waals surface area contributed by atoms with E-state index in [1.54, 1.807) is 5.57 Å². The summed E-state index contributed by atoms with van der Waals surface area (Å²) in [5, 5.41) is 8.79. The fraction of sp³-hybridized carbons (Fsp3) is 0.667. The highest BCUT2D eigenvalue weighted by molar-refractivity contribution is 5.15. The highest BCUT2D eigenvalue weighted by Gasteiger charge is 2.03. The van der Waals surface area contributed by atoms with E-state index in [-0.39, 0.29) is 6.61 Å². The minimum atomic E-state index is 0.134. The molecule has 0 aromatic carbocycles. The molecule has 0 rings (SSSR count).